The van der Waals surface area contributed by atoms with Gasteiger partial charge in [0.1, 0.15) is 0 Å². The molecule has 0 aliphatic rings. The number of carbonyl (C=O) groups is 1. The molecule has 1 amide bonds. The Kier molecular flexibility index (Phi) is 2.54. The summed E-state index contributed by atoms with van der Waals surface area (Å²) in [5.41, 5.74) is 5.20. The highest BCUT2D eigenvalue weighted by Crippen LogP contribution is 2.28. The first-order chi connectivity index (χ1) is 6.11. The number of carbonyl (C=O) groups excluding carboxylic acids is 1. The summed E-state index contributed by atoms with van der Waals surface area (Å²) in [5, 5.41) is 18.3. The van der Waals surface area contributed by atoms with E-state index in [1.54, 1.807) is 12.1 Å². The van der Waals surface area contributed by atoms with E-state index in [-0.39, 0.29) is 11.5 Å². The van der Waals surface area contributed by atoms with Crippen LogP contribution in [0.4, 0.5) is 0 Å². The summed E-state index contributed by atoms with van der Waals surface area (Å²) >= 11 is 0. The monoisotopic (exact) mass is 179 g/mol. The molecule has 0 saturated carbocycles. The Hall–Kier alpha value is -1.97. The van der Waals surface area contributed by atoms with Gasteiger partial charge in [-0.3, -0.25) is 4.79 Å². The van der Waals surface area contributed by atoms with Crippen molar-refractivity contribution in [3.05, 3.63) is 29.8 Å². The molecule has 0 radical (unpaired) electrons. The normalized spacial score (nSPS) is 10.5. The standard InChI is InChI=1S/C9H9NO3/c10-8(12)5-4-6-2-1-3-7(11)9(6)13/h1-5,11,13H,(H2,10,12). The quantitative estimate of drug-likeness (QED) is 0.459. The lowest BCUT2D eigenvalue weighted by Gasteiger charge is -1.99. The summed E-state index contributed by atoms with van der Waals surface area (Å²) in [6.45, 7) is 0. The first-order valence-corrected chi connectivity index (χ1v) is 3.59. The molecule has 0 unspecified atom stereocenters. The molecule has 4 nitrogen and oxygen atoms in total. The van der Waals surface area contributed by atoms with Crippen molar-refractivity contribution in [2.24, 2.45) is 5.73 Å². The summed E-state index contributed by atoms with van der Waals surface area (Å²) in [5.74, 6) is -1.10. The van der Waals surface area contributed by atoms with Crippen molar-refractivity contribution >= 4 is 12.0 Å². The predicted molar refractivity (Wildman–Crippen MR) is 48.0 cm³/mol. The van der Waals surface area contributed by atoms with Crippen LogP contribution in [0.25, 0.3) is 6.08 Å². The molecule has 0 fully saturated rings. The van der Waals surface area contributed by atoms with Crippen LogP contribution in [0, 0.1) is 0 Å². The van der Waals surface area contributed by atoms with Crippen LogP contribution in [-0.4, -0.2) is 16.1 Å². The summed E-state index contributed by atoms with van der Waals surface area (Å²) in [7, 11) is 0. The molecule has 0 aromatic heterocycles. The lowest BCUT2D eigenvalue weighted by Crippen LogP contribution is -2.05. The van der Waals surface area contributed by atoms with Gasteiger partial charge in [-0.05, 0) is 12.1 Å². The fourth-order valence-electron chi connectivity index (χ4n) is 0.855. The Morgan fingerprint density at radius 1 is 1.38 bits per heavy atom. The summed E-state index contributed by atoms with van der Waals surface area (Å²) in [4.78, 5) is 10.4. The number of rotatable bonds is 2. The number of amides is 1. The van der Waals surface area contributed by atoms with Crippen molar-refractivity contribution in [3.63, 3.8) is 0 Å². The third-order valence-electron chi connectivity index (χ3n) is 1.47. The first kappa shape index (κ1) is 9.12. The molecule has 0 aliphatic carbocycles. The van der Waals surface area contributed by atoms with Gasteiger partial charge in [0.25, 0.3) is 0 Å². The molecule has 0 atom stereocenters. The van der Waals surface area contributed by atoms with Crippen molar-refractivity contribution < 1.29 is 15.0 Å². The topological polar surface area (TPSA) is 83.6 Å². The van der Waals surface area contributed by atoms with E-state index in [0.717, 1.165) is 6.08 Å². The maximum Gasteiger partial charge on any atom is 0.241 e. The zero-order valence-corrected chi connectivity index (χ0v) is 6.77. The van der Waals surface area contributed by atoms with Crippen LogP contribution < -0.4 is 5.73 Å². The van der Waals surface area contributed by atoms with Crippen LogP contribution in [0.3, 0.4) is 0 Å². The minimum Gasteiger partial charge on any atom is -0.504 e. The van der Waals surface area contributed by atoms with E-state index in [4.69, 9.17) is 10.8 Å². The van der Waals surface area contributed by atoms with Crippen LogP contribution in [0.1, 0.15) is 5.56 Å². The van der Waals surface area contributed by atoms with E-state index in [2.05, 4.69) is 0 Å². The number of hydrogen-bond acceptors (Lipinski definition) is 3. The zero-order chi connectivity index (χ0) is 9.84. The number of para-hydroxylation sites is 1. The predicted octanol–water partition coefficient (Wildman–Crippen LogP) is 0.596. The van der Waals surface area contributed by atoms with Crippen LogP contribution in [-0.2, 0) is 4.79 Å². The van der Waals surface area contributed by atoms with Gasteiger partial charge in [-0.2, -0.15) is 0 Å². The molecule has 4 heteroatoms. The fraction of sp³-hybridized carbons (Fsp3) is 0. The Balaban J connectivity index is 3.02. The highest BCUT2D eigenvalue weighted by molar-refractivity contribution is 5.90. The Morgan fingerprint density at radius 2 is 2.08 bits per heavy atom. The van der Waals surface area contributed by atoms with E-state index < -0.39 is 5.91 Å². The number of benzene rings is 1. The molecule has 1 aromatic rings. The maximum atomic E-state index is 10.4. The number of aromatic hydroxyl groups is 2. The highest BCUT2D eigenvalue weighted by atomic mass is 16.3. The Bertz CT molecular complexity index is 358. The second-order valence-electron chi connectivity index (χ2n) is 2.45. The van der Waals surface area contributed by atoms with Crippen molar-refractivity contribution in [3.8, 4) is 11.5 Å². The number of nitrogens with two attached hydrogens (primary N) is 1. The SMILES string of the molecule is NC(=O)C=Cc1cccc(O)c1O. The molecular weight excluding hydrogens is 170 g/mol. The van der Waals surface area contributed by atoms with Crippen molar-refractivity contribution in [2.45, 2.75) is 0 Å². The molecule has 0 heterocycles. The zero-order valence-electron chi connectivity index (χ0n) is 6.77. The maximum absolute atomic E-state index is 10.4. The Morgan fingerprint density at radius 3 is 2.69 bits per heavy atom. The molecular formula is C9H9NO3. The van der Waals surface area contributed by atoms with E-state index in [9.17, 15) is 9.90 Å². The van der Waals surface area contributed by atoms with Gasteiger partial charge in [-0.1, -0.05) is 12.1 Å². The van der Waals surface area contributed by atoms with Gasteiger partial charge in [0.2, 0.25) is 5.91 Å². The number of hydrogen-bond donors (Lipinski definition) is 3. The Labute approximate surface area is 74.9 Å². The molecule has 68 valence electrons. The van der Waals surface area contributed by atoms with Crippen LogP contribution in [0.5, 0.6) is 11.5 Å². The molecule has 0 aliphatic heterocycles. The molecule has 4 N–H and O–H groups in total. The molecule has 0 bridgehead atoms. The molecule has 13 heavy (non-hydrogen) atoms. The number of primary amides is 1. The lowest BCUT2D eigenvalue weighted by molar-refractivity contribution is -0.113. The van der Waals surface area contributed by atoms with E-state index in [0.29, 0.717) is 5.56 Å². The van der Waals surface area contributed by atoms with Crippen molar-refractivity contribution in [1.82, 2.24) is 0 Å². The molecule has 1 aromatic carbocycles. The third-order valence-corrected chi connectivity index (χ3v) is 1.47. The van der Waals surface area contributed by atoms with Gasteiger partial charge in [0.15, 0.2) is 11.5 Å². The molecule has 0 saturated heterocycles. The highest BCUT2D eigenvalue weighted by Gasteiger charge is 2.01. The second-order valence-corrected chi connectivity index (χ2v) is 2.45. The average Bonchev–Trinajstić information content (AvgIpc) is 2.07. The van der Waals surface area contributed by atoms with Gasteiger partial charge in [0.05, 0.1) is 0 Å². The first-order valence-electron chi connectivity index (χ1n) is 3.59. The van der Waals surface area contributed by atoms with E-state index in [1.807, 2.05) is 0 Å². The van der Waals surface area contributed by atoms with Gasteiger partial charge in [-0.15, -0.1) is 0 Å². The summed E-state index contributed by atoms with van der Waals surface area (Å²) in [6.07, 6.45) is 2.44. The molecule has 0 spiro atoms. The van der Waals surface area contributed by atoms with Crippen molar-refractivity contribution in [1.29, 1.82) is 0 Å². The summed E-state index contributed by atoms with van der Waals surface area (Å²) < 4.78 is 0. The third kappa shape index (κ3) is 2.23. The van der Waals surface area contributed by atoms with Crippen molar-refractivity contribution in [2.75, 3.05) is 0 Å². The number of phenols is 2. The summed E-state index contributed by atoms with van der Waals surface area (Å²) in [6, 6.07) is 4.45. The largest absolute Gasteiger partial charge is 0.504 e. The second kappa shape index (κ2) is 3.62. The van der Waals surface area contributed by atoms with Crippen LogP contribution in [0.2, 0.25) is 0 Å². The average molecular weight is 179 g/mol. The van der Waals surface area contributed by atoms with Gasteiger partial charge >= 0.3 is 0 Å². The van der Waals surface area contributed by atoms with E-state index >= 15 is 0 Å². The lowest BCUT2D eigenvalue weighted by atomic mass is 10.1. The van der Waals surface area contributed by atoms with Gasteiger partial charge < -0.3 is 15.9 Å². The minimum atomic E-state index is -0.609. The smallest absolute Gasteiger partial charge is 0.241 e. The van der Waals surface area contributed by atoms with Crippen LogP contribution in [0.15, 0.2) is 24.3 Å². The van der Waals surface area contributed by atoms with Gasteiger partial charge in [0, 0.05) is 11.6 Å². The molecule has 1 rings (SSSR count). The van der Waals surface area contributed by atoms with E-state index in [1.165, 1.54) is 12.1 Å². The van der Waals surface area contributed by atoms with Gasteiger partial charge in [-0.25, -0.2) is 0 Å². The fourth-order valence-corrected chi connectivity index (χ4v) is 0.855. The van der Waals surface area contributed by atoms with Crippen LogP contribution >= 0.6 is 0 Å². The minimum absolute atomic E-state index is 0.230. The number of phenolic OH excluding ortho intramolecular Hbond substituents is 2.